The highest BCUT2D eigenvalue weighted by Gasteiger charge is 2.32. The van der Waals surface area contributed by atoms with Crippen LogP contribution < -0.4 is 20.3 Å². The number of likely N-dealkylation sites (N-methyl/N-ethyl adjacent to an activating group) is 1. The standard InChI is InChI=1S/C27H25ClN4O4/c1-17(29-23(33)16-36-20-14-12-19(28)13-15-20)26(34)31-25-27(35)32(2)22-11-7-6-10-21(22)24(30-25)18-8-4-3-5-9-18/h3-15,17,25H,16H2,1-2H3,(H,29,33)(H,31,34)/t17-,25?/m0/s1. The predicted molar refractivity (Wildman–Crippen MR) is 138 cm³/mol. The number of nitrogens with zero attached hydrogens (tertiary/aromatic N) is 2. The minimum absolute atomic E-state index is 0.282. The van der Waals surface area contributed by atoms with E-state index in [2.05, 4.69) is 15.6 Å². The molecule has 3 amide bonds. The molecule has 0 saturated heterocycles. The molecule has 0 aromatic heterocycles. The summed E-state index contributed by atoms with van der Waals surface area (Å²) in [5.74, 6) is -0.964. The van der Waals surface area contributed by atoms with Crippen molar-refractivity contribution in [2.24, 2.45) is 4.99 Å². The van der Waals surface area contributed by atoms with Crippen LogP contribution in [0.1, 0.15) is 18.1 Å². The van der Waals surface area contributed by atoms with E-state index in [1.165, 1.54) is 11.8 Å². The van der Waals surface area contributed by atoms with Crippen LogP contribution in [0, 0.1) is 0 Å². The number of aliphatic imine (C=N–C) groups is 1. The number of hydrogen-bond acceptors (Lipinski definition) is 5. The Labute approximate surface area is 213 Å². The highest BCUT2D eigenvalue weighted by molar-refractivity contribution is 6.30. The monoisotopic (exact) mass is 504 g/mol. The van der Waals surface area contributed by atoms with Crippen LogP contribution in [-0.4, -0.2) is 49.3 Å². The quantitative estimate of drug-likeness (QED) is 0.516. The van der Waals surface area contributed by atoms with Crippen LogP contribution in [0.25, 0.3) is 0 Å². The van der Waals surface area contributed by atoms with Gasteiger partial charge in [0.1, 0.15) is 11.8 Å². The molecule has 3 aromatic rings. The fourth-order valence-electron chi connectivity index (χ4n) is 3.73. The van der Waals surface area contributed by atoms with Gasteiger partial charge in [-0.3, -0.25) is 14.4 Å². The Morgan fingerprint density at radius 2 is 1.69 bits per heavy atom. The van der Waals surface area contributed by atoms with Crippen LogP contribution >= 0.6 is 11.6 Å². The van der Waals surface area contributed by atoms with Gasteiger partial charge in [-0.25, -0.2) is 4.99 Å². The highest BCUT2D eigenvalue weighted by atomic mass is 35.5. The molecule has 1 aliphatic heterocycles. The summed E-state index contributed by atoms with van der Waals surface area (Å²) in [7, 11) is 1.64. The summed E-state index contributed by atoms with van der Waals surface area (Å²) in [4.78, 5) is 44.6. The summed E-state index contributed by atoms with van der Waals surface area (Å²) in [6.07, 6.45) is -1.17. The number of halogens is 1. The fraction of sp³-hybridized carbons (Fsp3) is 0.185. The largest absolute Gasteiger partial charge is 0.484 e. The molecule has 0 fully saturated rings. The smallest absolute Gasteiger partial charge is 0.272 e. The van der Waals surface area contributed by atoms with Crippen LogP contribution in [0.2, 0.25) is 5.02 Å². The van der Waals surface area contributed by atoms with Gasteiger partial charge in [-0.15, -0.1) is 0 Å². The number of carbonyl (C=O) groups excluding carboxylic acids is 3. The molecule has 1 heterocycles. The molecule has 184 valence electrons. The Bertz CT molecular complexity index is 1290. The summed E-state index contributed by atoms with van der Waals surface area (Å²) >= 11 is 5.84. The maximum Gasteiger partial charge on any atom is 0.272 e. The van der Waals surface area contributed by atoms with E-state index >= 15 is 0 Å². The summed E-state index contributed by atoms with van der Waals surface area (Å²) < 4.78 is 5.41. The van der Waals surface area contributed by atoms with Crippen molar-refractivity contribution in [3.8, 4) is 5.75 Å². The third-order valence-electron chi connectivity index (χ3n) is 5.62. The molecule has 0 radical (unpaired) electrons. The molecule has 36 heavy (non-hydrogen) atoms. The fourth-order valence-corrected chi connectivity index (χ4v) is 3.86. The summed E-state index contributed by atoms with van der Waals surface area (Å²) in [5, 5.41) is 5.80. The number of para-hydroxylation sites is 1. The van der Waals surface area contributed by atoms with Crippen molar-refractivity contribution in [3.63, 3.8) is 0 Å². The summed E-state index contributed by atoms with van der Waals surface area (Å²) in [6.45, 7) is 1.24. The lowest BCUT2D eigenvalue weighted by Gasteiger charge is -2.22. The van der Waals surface area contributed by atoms with Gasteiger partial charge in [0.05, 0.1) is 11.4 Å². The second-order valence-electron chi connectivity index (χ2n) is 8.20. The van der Waals surface area contributed by atoms with Crippen molar-refractivity contribution in [1.29, 1.82) is 0 Å². The maximum atomic E-state index is 13.2. The number of amides is 3. The van der Waals surface area contributed by atoms with Crippen LogP contribution in [0.4, 0.5) is 5.69 Å². The molecule has 0 bridgehead atoms. The van der Waals surface area contributed by atoms with Gasteiger partial charge in [0.2, 0.25) is 12.1 Å². The second kappa shape index (κ2) is 11.0. The molecular formula is C27H25ClN4O4. The predicted octanol–water partition coefficient (Wildman–Crippen LogP) is 3.18. The molecule has 1 aliphatic rings. The van der Waals surface area contributed by atoms with Crippen molar-refractivity contribution < 1.29 is 19.1 Å². The molecule has 0 aliphatic carbocycles. The Balaban J connectivity index is 1.48. The molecule has 8 nitrogen and oxygen atoms in total. The van der Waals surface area contributed by atoms with E-state index < -0.39 is 29.9 Å². The van der Waals surface area contributed by atoms with E-state index in [4.69, 9.17) is 16.3 Å². The number of ether oxygens (including phenoxy) is 1. The lowest BCUT2D eigenvalue weighted by molar-refractivity contribution is -0.131. The average Bonchev–Trinajstić information content (AvgIpc) is 2.99. The first kappa shape index (κ1) is 24.9. The van der Waals surface area contributed by atoms with Gasteiger partial charge >= 0.3 is 0 Å². The van der Waals surface area contributed by atoms with E-state index in [9.17, 15) is 14.4 Å². The van der Waals surface area contributed by atoms with Crippen molar-refractivity contribution >= 4 is 40.7 Å². The third-order valence-corrected chi connectivity index (χ3v) is 5.88. The van der Waals surface area contributed by atoms with Crippen molar-refractivity contribution in [1.82, 2.24) is 10.6 Å². The van der Waals surface area contributed by atoms with Crippen LogP contribution in [-0.2, 0) is 14.4 Å². The molecule has 0 spiro atoms. The molecule has 0 saturated carbocycles. The van der Waals surface area contributed by atoms with E-state index in [-0.39, 0.29) is 6.61 Å². The van der Waals surface area contributed by atoms with Crippen molar-refractivity contribution in [3.05, 3.63) is 95.0 Å². The first-order valence-corrected chi connectivity index (χ1v) is 11.7. The lowest BCUT2D eigenvalue weighted by Crippen LogP contribution is -2.52. The normalized spacial score (nSPS) is 15.8. The van der Waals surface area contributed by atoms with Gasteiger partial charge in [-0.1, -0.05) is 60.1 Å². The second-order valence-corrected chi connectivity index (χ2v) is 8.64. The molecule has 9 heteroatoms. The molecule has 2 atom stereocenters. The number of fused-ring (bicyclic) bond motifs is 1. The SMILES string of the molecule is C[C@H](NC(=O)COc1ccc(Cl)cc1)C(=O)NC1N=C(c2ccccc2)c2ccccc2N(C)C1=O. The Hall–Kier alpha value is -4.17. The molecule has 4 rings (SSSR count). The number of hydrogen-bond donors (Lipinski definition) is 2. The molecule has 1 unspecified atom stereocenters. The minimum Gasteiger partial charge on any atom is -0.484 e. The third kappa shape index (κ3) is 5.72. The maximum absolute atomic E-state index is 13.2. The van der Waals surface area contributed by atoms with Gasteiger partial charge < -0.3 is 20.3 Å². The van der Waals surface area contributed by atoms with Crippen molar-refractivity contribution in [2.75, 3.05) is 18.6 Å². The number of carbonyl (C=O) groups is 3. The van der Waals surface area contributed by atoms with Crippen LogP contribution in [0.15, 0.2) is 83.9 Å². The lowest BCUT2D eigenvalue weighted by atomic mass is 10.0. The molecule has 3 aromatic carbocycles. The van der Waals surface area contributed by atoms with Crippen LogP contribution in [0.3, 0.4) is 0 Å². The van der Waals surface area contributed by atoms with Gasteiger partial charge in [-0.05, 0) is 37.3 Å². The highest BCUT2D eigenvalue weighted by Crippen LogP contribution is 2.27. The first-order chi connectivity index (χ1) is 17.3. The summed E-state index contributed by atoms with van der Waals surface area (Å²) in [6, 6.07) is 22.5. The van der Waals surface area contributed by atoms with Gasteiger partial charge in [0.15, 0.2) is 6.61 Å². The van der Waals surface area contributed by atoms with E-state index in [1.54, 1.807) is 31.3 Å². The topological polar surface area (TPSA) is 100 Å². The van der Waals surface area contributed by atoms with Gasteiger partial charge in [0.25, 0.3) is 11.8 Å². The minimum atomic E-state index is -1.17. The van der Waals surface area contributed by atoms with Crippen LogP contribution in [0.5, 0.6) is 5.75 Å². The van der Waals surface area contributed by atoms with E-state index in [1.807, 2.05) is 54.6 Å². The molecular weight excluding hydrogens is 480 g/mol. The number of benzene rings is 3. The summed E-state index contributed by atoms with van der Waals surface area (Å²) in [5.41, 5.74) is 2.86. The number of anilines is 1. The van der Waals surface area contributed by atoms with E-state index in [0.717, 1.165) is 11.1 Å². The number of nitrogens with one attached hydrogen (secondary N) is 2. The number of benzodiazepines with no additional fused rings is 1. The first-order valence-electron chi connectivity index (χ1n) is 11.3. The Morgan fingerprint density at radius 3 is 2.42 bits per heavy atom. The Kier molecular flexibility index (Phi) is 7.65. The zero-order valence-corrected chi connectivity index (χ0v) is 20.5. The molecule has 2 N–H and O–H groups in total. The van der Waals surface area contributed by atoms with E-state index in [0.29, 0.717) is 22.2 Å². The van der Waals surface area contributed by atoms with Gasteiger partial charge in [-0.2, -0.15) is 0 Å². The zero-order chi connectivity index (χ0) is 25.7. The average molecular weight is 505 g/mol. The van der Waals surface area contributed by atoms with Gasteiger partial charge in [0, 0.05) is 23.2 Å². The Morgan fingerprint density at radius 1 is 1.03 bits per heavy atom. The van der Waals surface area contributed by atoms with Crippen molar-refractivity contribution in [2.45, 2.75) is 19.1 Å². The zero-order valence-electron chi connectivity index (χ0n) is 19.8. The number of rotatable bonds is 7.